The van der Waals surface area contributed by atoms with Crippen molar-refractivity contribution < 1.29 is 22.8 Å². The van der Waals surface area contributed by atoms with Crippen LogP contribution in [0.2, 0.25) is 0 Å². The summed E-state index contributed by atoms with van der Waals surface area (Å²) in [7, 11) is 0. The van der Waals surface area contributed by atoms with Gasteiger partial charge in [0, 0.05) is 5.92 Å². The molecule has 3 unspecified atom stereocenters. The van der Waals surface area contributed by atoms with Crippen LogP contribution in [0.4, 0.5) is 13.2 Å². The molecule has 3 atom stereocenters. The molecule has 2 aliphatic rings. The van der Waals surface area contributed by atoms with E-state index in [0.29, 0.717) is 6.42 Å². The van der Waals surface area contributed by atoms with Gasteiger partial charge in [-0.2, -0.15) is 13.2 Å². The Labute approximate surface area is 72.1 Å². The minimum Gasteiger partial charge on any atom is -0.299 e. The molecule has 0 aromatic rings. The molecule has 0 bridgehead atoms. The lowest BCUT2D eigenvalue weighted by molar-refractivity contribution is -0.176. The summed E-state index contributed by atoms with van der Waals surface area (Å²) in [5.74, 6) is -3.92. The largest absolute Gasteiger partial charge is 0.450 e. The summed E-state index contributed by atoms with van der Waals surface area (Å²) in [5, 5.41) is 0. The lowest BCUT2D eigenvalue weighted by Gasteiger charge is -2.11. The fraction of sp³-hybridized carbons (Fsp3) is 0.750. The zero-order chi connectivity index (χ0) is 9.80. The fourth-order valence-corrected chi connectivity index (χ4v) is 1.97. The first-order valence-electron chi connectivity index (χ1n) is 4.06. The Bertz CT molecular complexity index is 282. The van der Waals surface area contributed by atoms with Crippen molar-refractivity contribution >= 4 is 11.6 Å². The number of fused-ring (bicyclic) bond motifs is 1. The first-order chi connectivity index (χ1) is 5.91. The first kappa shape index (κ1) is 8.72. The number of ketones is 2. The molecule has 2 fully saturated rings. The van der Waals surface area contributed by atoms with Gasteiger partial charge in [0.2, 0.25) is 5.78 Å². The molecule has 2 saturated carbocycles. The van der Waals surface area contributed by atoms with Crippen LogP contribution < -0.4 is 0 Å². The van der Waals surface area contributed by atoms with Crippen molar-refractivity contribution in [1.82, 2.24) is 0 Å². The normalized spacial score (nSPS) is 37.5. The number of Topliss-reactive ketones (excluding diaryl/α,β-unsaturated/α-hetero) is 2. The molecule has 2 aliphatic carbocycles. The van der Waals surface area contributed by atoms with Gasteiger partial charge in [-0.05, 0) is 18.8 Å². The van der Waals surface area contributed by atoms with Crippen LogP contribution in [0.25, 0.3) is 0 Å². The van der Waals surface area contributed by atoms with E-state index < -0.39 is 23.7 Å². The number of hydrogen-bond donors (Lipinski definition) is 0. The number of alkyl halides is 3. The quantitative estimate of drug-likeness (QED) is 0.587. The topological polar surface area (TPSA) is 34.1 Å². The van der Waals surface area contributed by atoms with E-state index in [-0.39, 0.29) is 18.3 Å². The highest BCUT2D eigenvalue weighted by atomic mass is 19.4. The molecule has 0 spiro atoms. The second-order valence-electron chi connectivity index (χ2n) is 3.65. The number of carbonyl (C=O) groups excluding carboxylic acids is 2. The van der Waals surface area contributed by atoms with Gasteiger partial charge < -0.3 is 0 Å². The van der Waals surface area contributed by atoms with Gasteiger partial charge in [-0.25, -0.2) is 0 Å². The van der Waals surface area contributed by atoms with E-state index in [1.807, 2.05) is 0 Å². The Morgan fingerprint density at radius 3 is 2.31 bits per heavy atom. The van der Waals surface area contributed by atoms with Crippen LogP contribution in [0.1, 0.15) is 12.8 Å². The molecular weight excluding hydrogens is 185 g/mol. The molecule has 13 heavy (non-hydrogen) atoms. The van der Waals surface area contributed by atoms with Gasteiger partial charge in [0.1, 0.15) is 5.78 Å². The van der Waals surface area contributed by atoms with Gasteiger partial charge in [-0.1, -0.05) is 0 Å². The predicted molar refractivity (Wildman–Crippen MR) is 35.8 cm³/mol. The molecule has 0 radical (unpaired) electrons. The van der Waals surface area contributed by atoms with E-state index in [1.54, 1.807) is 0 Å². The van der Waals surface area contributed by atoms with Crippen molar-refractivity contribution in [2.24, 2.45) is 17.8 Å². The molecular formula is C8H7F3O2. The summed E-state index contributed by atoms with van der Waals surface area (Å²) in [6.45, 7) is 0. The summed E-state index contributed by atoms with van der Waals surface area (Å²) in [6.07, 6.45) is -4.06. The van der Waals surface area contributed by atoms with Crippen LogP contribution in [-0.4, -0.2) is 17.7 Å². The lowest BCUT2D eigenvalue weighted by atomic mass is 9.97. The molecule has 0 heterocycles. The molecule has 2 rings (SSSR count). The Kier molecular flexibility index (Phi) is 1.56. The number of hydrogen-bond acceptors (Lipinski definition) is 2. The van der Waals surface area contributed by atoms with Crippen LogP contribution in [0, 0.1) is 17.8 Å². The summed E-state index contributed by atoms with van der Waals surface area (Å²) in [6, 6.07) is 0. The second kappa shape index (κ2) is 2.33. The Morgan fingerprint density at radius 1 is 1.31 bits per heavy atom. The highest BCUT2D eigenvalue weighted by Gasteiger charge is 2.59. The summed E-state index contributed by atoms with van der Waals surface area (Å²) < 4.78 is 35.7. The van der Waals surface area contributed by atoms with Crippen molar-refractivity contribution in [3.8, 4) is 0 Å². The van der Waals surface area contributed by atoms with Gasteiger partial charge >= 0.3 is 6.18 Å². The summed E-state index contributed by atoms with van der Waals surface area (Å²) in [5.41, 5.74) is 0. The molecule has 5 heteroatoms. The zero-order valence-electron chi connectivity index (χ0n) is 6.60. The van der Waals surface area contributed by atoms with Crippen LogP contribution in [0.5, 0.6) is 0 Å². The first-order valence-corrected chi connectivity index (χ1v) is 4.06. The average Bonchev–Trinajstić information content (AvgIpc) is 2.69. The molecule has 0 aliphatic heterocycles. The molecule has 72 valence electrons. The Balaban J connectivity index is 2.11. The van der Waals surface area contributed by atoms with Gasteiger partial charge in [0.15, 0.2) is 0 Å². The molecule has 2 nitrogen and oxygen atoms in total. The smallest absolute Gasteiger partial charge is 0.299 e. The van der Waals surface area contributed by atoms with Crippen molar-refractivity contribution in [3.05, 3.63) is 0 Å². The standard InChI is InChI=1S/C8H7F3O2/c9-8(10,11)7(13)5-2-3-1-4(3)6(5)12/h3-5H,1-2H2. The maximum absolute atomic E-state index is 11.9. The highest BCUT2D eigenvalue weighted by Crippen LogP contribution is 2.53. The van der Waals surface area contributed by atoms with E-state index in [9.17, 15) is 22.8 Å². The SMILES string of the molecule is O=C1C(C(=O)C(F)(F)F)CC2CC12. The maximum Gasteiger partial charge on any atom is 0.450 e. The van der Waals surface area contributed by atoms with E-state index in [4.69, 9.17) is 0 Å². The lowest BCUT2D eigenvalue weighted by Crippen LogP contribution is -2.34. The monoisotopic (exact) mass is 192 g/mol. The Hall–Kier alpha value is -0.870. The number of carbonyl (C=O) groups is 2. The fourth-order valence-electron chi connectivity index (χ4n) is 1.97. The van der Waals surface area contributed by atoms with Crippen LogP contribution in [-0.2, 0) is 9.59 Å². The van der Waals surface area contributed by atoms with Gasteiger partial charge in [0.25, 0.3) is 0 Å². The van der Waals surface area contributed by atoms with E-state index in [2.05, 4.69) is 0 Å². The highest BCUT2D eigenvalue weighted by molar-refractivity contribution is 6.08. The van der Waals surface area contributed by atoms with Crippen LogP contribution >= 0.6 is 0 Å². The molecule has 0 aromatic carbocycles. The van der Waals surface area contributed by atoms with Crippen LogP contribution in [0.15, 0.2) is 0 Å². The average molecular weight is 192 g/mol. The van der Waals surface area contributed by atoms with Gasteiger partial charge in [-0.3, -0.25) is 9.59 Å². The van der Waals surface area contributed by atoms with E-state index in [0.717, 1.165) is 0 Å². The Morgan fingerprint density at radius 2 is 1.92 bits per heavy atom. The molecule has 0 aromatic heterocycles. The third kappa shape index (κ3) is 1.26. The van der Waals surface area contributed by atoms with Crippen molar-refractivity contribution in [3.63, 3.8) is 0 Å². The van der Waals surface area contributed by atoms with Crippen LogP contribution in [0.3, 0.4) is 0 Å². The third-order valence-electron chi connectivity index (χ3n) is 2.77. The number of halogens is 3. The van der Waals surface area contributed by atoms with Gasteiger partial charge in [0.05, 0.1) is 5.92 Å². The molecule has 0 N–H and O–H groups in total. The maximum atomic E-state index is 11.9. The predicted octanol–water partition coefficient (Wildman–Crippen LogP) is 1.34. The van der Waals surface area contributed by atoms with Gasteiger partial charge in [-0.15, -0.1) is 0 Å². The minimum atomic E-state index is -4.85. The minimum absolute atomic E-state index is 0.0591. The van der Waals surface area contributed by atoms with E-state index >= 15 is 0 Å². The van der Waals surface area contributed by atoms with Crippen molar-refractivity contribution in [2.75, 3.05) is 0 Å². The summed E-state index contributed by atoms with van der Waals surface area (Å²) in [4.78, 5) is 21.8. The zero-order valence-corrected chi connectivity index (χ0v) is 6.60. The molecule has 0 saturated heterocycles. The second-order valence-corrected chi connectivity index (χ2v) is 3.65. The van der Waals surface area contributed by atoms with Crippen molar-refractivity contribution in [1.29, 1.82) is 0 Å². The third-order valence-corrected chi connectivity index (χ3v) is 2.77. The molecule has 0 amide bonds. The van der Waals surface area contributed by atoms with Crippen molar-refractivity contribution in [2.45, 2.75) is 19.0 Å². The summed E-state index contributed by atoms with van der Waals surface area (Å²) >= 11 is 0. The number of rotatable bonds is 1. The van der Waals surface area contributed by atoms with E-state index in [1.165, 1.54) is 0 Å².